The lowest BCUT2D eigenvalue weighted by Gasteiger charge is -2.05. The van der Waals surface area contributed by atoms with Crippen molar-refractivity contribution < 1.29 is 8.42 Å². The molecule has 1 heterocycles. The lowest BCUT2D eigenvalue weighted by Crippen LogP contribution is -2.23. The first-order valence-electron chi connectivity index (χ1n) is 6.10. The third kappa shape index (κ3) is 3.42. The summed E-state index contributed by atoms with van der Waals surface area (Å²) >= 11 is 0. The van der Waals surface area contributed by atoms with E-state index in [9.17, 15) is 8.42 Å². The molecule has 0 atom stereocenters. The zero-order chi connectivity index (χ0) is 13.9. The Kier molecular flexibility index (Phi) is 4.01. The Bertz CT molecular complexity index is 645. The molecule has 0 saturated carbocycles. The highest BCUT2D eigenvalue weighted by Gasteiger charge is 2.15. The number of aryl methyl sites for hydroxylation is 2. The third-order valence-electron chi connectivity index (χ3n) is 2.87. The molecular weight excluding hydrogens is 262 g/mol. The summed E-state index contributed by atoms with van der Waals surface area (Å²) in [5.41, 5.74) is 2.16. The van der Waals surface area contributed by atoms with Gasteiger partial charge in [0.2, 0.25) is 0 Å². The molecule has 0 aliphatic rings. The third-order valence-corrected chi connectivity index (χ3v) is 4.18. The van der Waals surface area contributed by atoms with E-state index in [4.69, 9.17) is 0 Å². The molecule has 2 rings (SSSR count). The fourth-order valence-electron chi connectivity index (χ4n) is 1.68. The maximum atomic E-state index is 12.0. The molecule has 2 aromatic rings. The molecule has 0 aliphatic heterocycles. The van der Waals surface area contributed by atoms with E-state index in [1.54, 1.807) is 6.92 Å². The minimum Gasteiger partial charge on any atom is -0.332 e. The van der Waals surface area contributed by atoms with E-state index in [-0.39, 0.29) is 11.6 Å². The normalized spacial score (nSPS) is 11.7. The van der Waals surface area contributed by atoms with E-state index >= 15 is 0 Å². The first-order valence-corrected chi connectivity index (χ1v) is 7.58. The lowest BCUT2D eigenvalue weighted by atomic mass is 10.1. The van der Waals surface area contributed by atoms with Gasteiger partial charge in [-0.05, 0) is 24.5 Å². The number of aromatic amines is 1. The van der Waals surface area contributed by atoms with E-state index in [1.165, 1.54) is 11.8 Å². The van der Waals surface area contributed by atoms with Gasteiger partial charge in [0, 0.05) is 6.54 Å². The molecule has 0 radical (unpaired) electrons. The maximum absolute atomic E-state index is 12.0. The van der Waals surface area contributed by atoms with Crippen LogP contribution in [-0.4, -0.2) is 18.4 Å². The van der Waals surface area contributed by atoms with E-state index < -0.39 is 10.0 Å². The molecule has 19 heavy (non-hydrogen) atoms. The van der Waals surface area contributed by atoms with Crippen molar-refractivity contribution in [2.24, 2.45) is 0 Å². The van der Waals surface area contributed by atoms with Gasteiger partial charge in [-0.15, -0.1) is 0 Å². The summed E-state index contributed by atoms with van der Waals surface area (Å²) in [4.78, 5) is 6.60. The quantitative estimate of drug-likeness (QED) is 0.875. The van der Waals surface area contributed by atoms with Gasteiger partial charge in [0.25, 0.3) is 10.0 Å². The predicted molar refractivity (Wildman–Crippen MR) is 73.2 cm³/mol. The number of hydrogen-bond donors (Lipinski definition) is 2. The molecule has 1 aromatic heterocycles. The number of benzene rings is 1. The van der Waals surface area contributed by atoms with Gasteiger partial charge in [-0.2, -0.15) is 0 Å². The van der Waals surface area contributed by atoms with Crippen LogP contribution in [0.15, 0.2) is 35.5 Å². The molecule has 1 aromatic carbocycles. The van der Waals surface area contributed by atoms with E-state index in [2.05, 4.69) is 21.6 Å². The van der Waals surface area contributed by atoms with Crippen LogP contribution in [0.1, 0.15) is 23.9 Å². The number of hydrogen-bond acceptors (Lipinski definition) is 3. The standard InChI is InChI=1S/C13H17N3O2S/c1-3-11-4-6-12(7-5-11)8-15-19(17,18)13-9-14-10(2)16-13/h4-7,9,15H,3,8H2,1-2H3,(H,14,16). The zero-order valence-electron chi connectivity index (χ0n) is 11.0. The SMILES string of the molecule is CCc1ccc(CNS(=O)(=O)c2cnc(C)[nH]2)cc1. The van der Waals surface area contributed by atoms with Crippen molar-refractivity contribution >= 4 is 10.0 Å². The second-order valence-corrected chi connectivity index (χ2v) is 6.06. The van der Waals surface area contributed by atoms with Gasteiger partial charge in [0.15, 0.2) is 5.03 Å². The molecule has 2 N–H and O–H groups in total. The van der Waals surface area contributed by atoms with E-state index in [0.29, 0.717) is 5.82 Å². The number of imidazole rings is 1. The number of rotatable bonds is 5. The molecule has 0 aliphatic carbocycles. The zero-order valence-corrected chi connectivity index (χ0v) is 11.8. The molecule has 6 heteroatoms. The van der Waals surface area contributed by atoms with Crippen LogP contribution in [0.2, 0.25) is 0 Å². The second-order valence-electron chi connectivity index (χ2n) is 4.33. The Morgan fingerprint density at radius 2 is 1.84 bits per heavy atom. The highest BCUT2D eigenvalue weighted by atomic mass is 32.2. The number of aromatic nitrogens is 2. The minimum atomic E-state index is -3.52. The first-order chi connectivity index (χ1) is 9.01. The first kappa shape index (κ1) is 13.8. The summed E-state index contributed by atoms with van der Waals surface area (Å²) in [5.74, 6) is 0.577. The van der Waals surface area contributed by atoms with Crippen molar-refractivity contribution in [2.75, 3.05) is 0 Å². The van der Waals surface area contributed by atoms with Gasteiger partial charge in [-0.3, -0.25) is 0 Å². The number of sulfonamides is 1. The maximum Gasteiger partial charge on any atom is 0.257 e. The highest BCUT2D eigenvalue weighted by Crippen LogP contribution is 2.08. The van der Waals surface area contributed by atoms with E-state index in [0.717, 1.165) is 12.0 Å². The molecule has 0 bridgehead atoms. The molecule has 0 amide bonds. The largest absolute Gasteiger partial charge is 0.332 e. The van der Waals surface area contributed by atoms with Gasteiger partial charge < -0.3 is 4.98 Å². The molecule has 5 nitrogen and oxygen atoms in total. The fourth-order valence-corrected chi connectivity index (χ4v) is 2.67. The summed E-state index contributed by atoms with van der Waals surface area (Å²) in [7, 11) is -3.52. The van der Waals surface area contributed by atoms with Gasteiger partial charge >= 0.3 is 0 Å². The van der Waals surface area contributed by atoms with Crippen LogP contribution < -0.4 is 4.72 Å². The summed E-state index contributed by atoms with van der Waals surface area (Å²) in [6.45, 7) is 4.06. The Morgan fingerprint density at radius 1 is 1.21 bits per heavy atom. The van der Waals surface area contributed by atoms with Gasteiger partial charge in [0.05, 0.1) is 6.20 Å². The van der Waals surface area contributed by atoms with Crippen LogP contribution in [0.5, 0.6) is 0 Å². The fraction of sp³-hybridized carbons (Fsp3) is 0.308. The topological polar surface area (TPSA) is 74.8 Å². The highest BCUT2D eigenvalue weighted by molar-refractivity contribution is 7.89. The Labute approximate surface area is 113 Å². The number of H-pyrrole nitrogens is 1. The van der Waals surface area contributed by atoms with Crippen molar-refractivity contribution in [1.29, 1.82) is 0 Å². The van der Waals surface area contributed by atoms with Crippen molar-refractivity contribution in [3.8, 4) is 0 Å². The van der Waals surface area contributed by atoms with Gasteiger partial charge in [-0.1, -0.05) is 31.2 Å². The Balaban J connectivity index is 2.05. The van der Waals surface area contributed by atoms with Crippen LogP contribution in [0.25, 0.3) is 0 Å². The van der Waals surface area contributed by atoms with Crippen molar-refractivity contribution in [2.45, 2.75) is 31.8 Å². The predicted octanol–water partition coefficient (Wildman–Crippen LogP) is 1.76. The molecule has 102 valence electrons. The molecule has 0 unspecified atom stereocenters. The lowest BCUT2D eigenvalue weighted by molar-refractivity contribution is 0.578. The van der Waals surface area contributed by atoms with Gasteiger partial charge in [0.1, 0.15) is 5.82 Å². The minimum absolute atomic E-state index is 0.0928. The summed E-state index contributed by atoms with van der Waals surface area (Å²) in [6, 6.07) is 7.87. The average Bonchev–Trinajstić information content (AvgIpc) is 2.85. The average molecular weight is 279 g/mol. The van der Waals surface area contributed by atoms with Crippen LogP contribution in [0, 0.1) is 6.92 Å². The Hall–Kier alpha value is -1.66. The second kappa shape index (κ2) is 5.54. The van der Waals surface area contributed by atoms with Gasteiger partial charge in [-0.25, -0.2) is 18.1 Å². The van der Waals surface area contributed by atoms with Crippen LogP contribution in [-0.2, 0) is 23.0 Å². The Morgan fingerprint density at radius 3 is 2.37 bits per heavy atom. The smallest absolute Gasteiger partial charge is 0.257 e. The monoisotopic (exact) mass is 279 g/mol. The molecular formula is C13H17N3O2S. The van der Waals surface area contributed by atoms with Crippen molar-refractivity contribution in [3.05, 3.63) is 47.4 Å². The summed E-state index contributed by atoms with van der Waals surface area (Å²) < 4.78 is 26.5. The van der Waals surface area contributed by atoms with Crippen LogP contribution in [0.3, 0.4) is 0 Å². The summed E-state index contributed by atoms with van der Waals surface area (Å²) in [5, 5.41) is 0.0928. The van der Waals surface area contributed by atoms with Crippen LogP contribution >= 0.6 is 0 Å². The molecule has 0 saturated heterocycles. The van der Waals surface area contributed by atoms with E-state index in [1.807, 2.05) is 24.3 Å². The molecule has 0 fully saturated rings. The van der Waals surface area contributed by atoms with Crippen LogP contribution in [0.4, 0.5) is 0 Å². The summed E-state index contributed by atoms with van der Waals surface area (Å²) in [6.07, 6.45) is 2.29. The van der Waals surface area contributed by atoms with Crippen molar-refractivity contribution in [3.63, 3.8) is 0 Å². The molecule has 0 spiro atoms. The number of nitrogens with zero attached hydrogens (tertiary/aromatic N) is 1. The number of nitrogens with one attached hydrogen (secondary N) is 2. The van der Waals surface area contributed by atoms with Crippen molar-refractivity contribution in [1.82, 2.24) is 14.7 Å².